The smallest absolute Gasteiger partial charge is 0.163 e. The van der Waals surface area contributed by atoms with Gasteiger partial charge in [-0.2, -0.15) is 0 Å². The van der Waals surface area contributed by atoms with Crippen molar-refractivity contribution in [3.63, 3.8) is 0 Å². The molecule has 4 atom stereocenters. The first-order valence-corrected chi connectivity index (χ1v) is 26.9. The lowest BCUT2D eigenvalue weighted by molar-refractivity contribution is -0.828. The Labute approximate surface area is 422 Å². The molecule has 8 rings (SSSR count). The Morgan fingerprint density at radius 3 is 1.69 bits per heavy atom. The van der Waals surface area contributed by atoms with Crippen LogP contribution in [0.2, 0.25) is 0 Å². The van der Waals surface area contributed by atoms with Crippen molar-refractivity contribution in [2.45, 2.75) is 161 Å². The summed E-state index contributed by atoms with van der Waals surface area (Å²) in [5.41, 5.74) is 15.2. The third-order valence-electron chi connectivity index (χ3n) is 16.4. The van der Waals surface area contributed by atoms with E-state index in [1.54, 1.807) is 0 Å². The van der Waals surface area contributed by atoms with Crippen LogP contribution in [0.3, 0.4) is 0 Å². The van der Waals surface area contributed by atoms with Crippen LogP contribution < -0.4 is 24.7 Å². The Kier molecular flexibility index (Phi) is 15.9. The van der Waals surface area contributed by atoms with Gasteiger partial charge >= 0.3 is 0 Å². The molecule has 1 saturated carbocycles. The van der Waals surface area contributed by atoms with Gasteiger partial charge in [-0.05, 0) is 154 Å². The number of quaternary nitrogens is 1. The average Bonchev–Trinajstić information content (AvgIpc) is 3.67. The topological polar surface area (TPSA) is 54.3 Å². The van der Waals surface area contributed by atoms with E-state index in [4.69, 9.17) is 0 Å². The van der Waals surface area contributed by atoms with Gasteiger partial charge in [0.15, 0.2) is 5.78 Å². The van der Waals surface area contributed by atoms with E-state index in [9.17, 15) is 9.90 Å². The molecule has 0 saturated heterocycles. The van der Waals surface area contributed by atoms with Crippen molar-refractivity contribution < 1.29 is 14.8 Å². The molecule has 1 aliphatic carbocycles. The third-order valence-corrected chi connectivity index (χ3v) is 16.4. The van der Waals surface area contributed by atoms with E-state index in [2.05, 4.69) is 194 Å². The van der Waals surface area contributed by atoms with Crippen LogP contribution in [0.1, 0.15) is 146 Å². The van der Waals surface area contributed by atoms with Gasteiger partial charge in [0, 0.05) is 70.8 Å². The highest BCUT2D eigenvalue weighted by Gasteiger charge is 2.49. The number of nitrogens with one attached hydrogen (secondary N) is 1. The first-order chi connectivity index (χ1) is 33.6. The normalized spacial score (nSPS) is 21.0. The van der Waals surface area contributed by atoms with Gasteiger partial charge in [0.2, 0.25) is 0 Å². The summed E-state index contributed by atoms with van der Waals surface area (Å²) in [5, 5.41) is 14.1. The Balaban J connectivity index is 1.03. The Morgan fingerprint density at radius 1 is 0.629 bits per heavy atom. The number of likely N-dealkylation sites (N-methyl/N-ethyl adjacent to an activating group) is 2. The molecule has 5 aromatic carbocycles. The Hall–Kier alpha value is -5.43. The van der Waals surface area contributed by atoms with Crippen LogP contribution in [0, 0.1) is 12.8 Å². The highest BCUT2D eigenvalue weighted by molar-refractivity contribution is 6.07. The van der Waals surface area contributed by atoms with Crippen molar-refractivity contribution in [1.29, 1.82) is 0 Å². The summed E-state index contributed by atoms with van der Waals surface area (Å²) in [7, 11) is 6.39. The van der Waals surface area contributed by atoms with E-state index in [0.717, 1.165) is 47.0 Å². The standard InChI is InChI=1S/C64H81N4O2/c1-11-13-15-17-19-21-23-46-26-30-48(31-27-46)65(8)49-34-36-51(37-35-49)68(50-32-28-47(29-33-50)24-22-20-18-16-14-12-2)52-38-40-58-56(42-52)64(6,7)60(67(58)10)44-54-61(69)53(62(54)70)43-59-63(4,5)55-41-45(3)25-39-57(55)66(59)9/h25-44,54,59,61H,11-24H2,1-10H3/q-1/p+1/b53-43-,60-44+. The predicted octanol–water partition coefficient (Wildman–Crippen LogP) is 14.0. The first kappa shape index (κ1) is 50.9. The van der Waals surface area contributed by atoms with E-state index in [1.165, 1.54) is 121 Å². The fourth-order valence-corrected chi connectivity index (χ4v) is 11.8. The lowest BCUT2D eigenvalue weighted by atomic mass is 9.70. The van der Waals surface area contributed by atoms with Crippen LogP contribution in [-0.2, 0) is 28.5 Å². The minimum Gasteiger partial charge on any atom is -0.848 e. The third kappa shape index (κ3) is 10.5. The summed E-state index contributed by atoms with van der Waals surface area (Å²) in [6.07, 6.45) is 20.8. The summed E-state index contributed by atoms with van der Waals surface area (Å²) < 4.78 is 0. The maximum atomic E-state index is 14.1. The lowest BCUT2D eigenvalue weighted by Gasteiger charge is -2.43. The maximum absolute atomic E-state index is 14.1. The number of allylic oxidation sites excluding steroid dienone is 1. The quantitative estimate of drug-likeness (QED) is 0.0587. The Bertz CT molecular complexity index is 2640. The molecule has 3 aliphatic rings. The predicted molar refractivity (Wildman–Crippen MR) is 294 cm³/mol. The SMILES string of the molecule is CCCCCCCCc1ccc(N(C)c2ccc(N(c3ccc(CCCCCCCC)cc3)c3ccc4c(c3)C(C)(C)/C(=C\C3C(=O)/C(=C\C5[NH+](C)c6ccc(C)cc6C5(C)C)C3[O-])N4C)cc2)cc1. The summed E-state index contributed by atoms with van der Waals surface area (Å²) >= 11 is 0. The largest absolute Gasteiger partial charge is 0.848 e. The van der Waals surface area contributed by atoms with Crippen molar-refractivity contribution >= 4 is 45.6 Å². The summed E-state index contributed by atoms with van der Waals surface area (Å²) in [6.45, 7) is 15.6. The molecule has 0 aromatic heterocycles. The van der Waals surface area contributed by atoms with Crippen LogP contribution in [-0.4, -0.2) is 39.1 Å². The zero-order valence-electron chi connectivity index (χ0n) is 44.3. The minimum atomic E-state index is -1.09. The van der Waals surface area contributed by atoms with Gasteiger partial charge in [-0.15, -0.1) is 0 Å². The van der Waals surface area contributed by atoms with E-state index in [1.807, 2.05) is 12.2 Å². The molecular weight excluding hydrogens is 857 g/mol. The molecule has 2 heterocycles. The number of carbonyl (C=O) groups excluding carboxylic acids is 1. The molecule has 4 unspecified atom stereocenters. The number of anilines is 6. The second-order valence-corrected chi connectivity index (χ2v) is 22.1. The first-order valence-electron chi connectivity index (χ1n) is 26.9. The van der Waals surface area contributed by atoms with Gasteiger partial charge in [-0.1, -0.05) is 140 Å². The molecule has 6 nitrogen and oxygen atoms in total. The molecule has 0 spiro atoms. The zero-order valence-corrected chi connectivity index (χ0v) is 44.3. The number of rotatable bonds is 21. The van der Waals surface area contributed by atoms with Gasteiger partial charge in [-0.25, -0.2) is 0 Å². The number of hydrogen-bond acceptors (Lipinski definition) is 5. The van der Waals surface area contributed by atoms with Gasteiger partial charge in [0.25, 0.3) is 0 Å². The van der Waals surface area contributed by atoms with E-state index < -0.39 is 17.4 Å². The lowest BCUT2D eigenvalue weighted by Crippen LogP contribution is -3.07. The average molecular weight is 939 g/mol. The number of unbranched alkanes of at least 4 members (excludes halogenated alkanes) is 10. The second kappa shape index (κ2) is 21.9. The molecule has 5 aromatic rings. The molecule has 1 N–H and O–H groups in total. The molecule has 370 valence electrons. The van der Waals surface area contributed by atoms with Crippen molar-refractivity contribution in [3.8, 4) is 0 Å². The molecule has 0 amide bonds. The molecule has 1 fully saturated rings. The van der Waals surface area contributed by atoms with Crippen molar-refractivity contribution in [2.75, 3.05) is 35.8 Å². The fourth-order valence-electron chi connectivity index (χ4n) is 11.8. The van der Waals surface area contributed by atoms with E-state index >= 15 is 0 Å². The summed E-state index contributed by atoms with van der Waals surface area (Å²) in [6, 6.07) is 40.6. The van der Waals surface area contributed by atoms with E-state index in [0.29, 0.717) is 5.57 Å². The van der Waals surface area contributed by atoms with Crippen LogP contribution in [0.4, 0.5) is 39.8 Å². The highest BCUT2D eigenvalue weighted by Crippen LogP contribution is 2.51. The van der Waals surface area contributed by atoms with Crippen molar-refractivity contribution in [2.24, 2.45) is 5.92 Å². The zero-order chi connectivity index (χ0) is 49.7. The van der Waals surface area contributed by atoms with Gasteiger partial charge in [0.1, 0.15) is 11.7 Å². The number of hydrogen-bond donors (Lipinski definition) is 1. The van der Waals surface area contributed by atoms with Gasteiger partial charge in [-0.3, -0.25) is 9.69 Å². The summed E-state index contributed by atoms with van der Waals surface area (Å²) in [4.78, 5) is 22.1. The molecule has 0 radical (unpaired) electrons. The van der Waals surface area contributed by atoms with Gasteiger partial charge in [0.05, 0.1) is 12.5 Å². The minimum absolute atomic E-state index is 0.00919. The fraction of sp³-hybridized carbons (Fsp3) is 0.453. The second-order valence-electron chi connectivity index (χ2n) is 22.1. The van der Waals surface area contributed by atoms with Crippen LogP contribution in [0.25, 0.3) is 0 Å². The molecular formula is C64H82N4O2. The van der Waals surface area contributed by atoms with Gasteiger partial charge < -0.3 is 19.8 Å². The number of ketones is 1. The number of nitrogens with zero attached hydrogens (tertiary/aromatic N) is 3. The number of fused-ring (bicyclic) bond motifs is 2. The van der Waals surface area contributed by atoms with Crippen molar-refractivity contribution in [3.05, 3.63) is 160 Å². The summed E-state index contributed by atoms with van der Waals surface area (Å²) in [5.74, 6) is -0.734. The molecule has 0 bridgehead atoms. The maximum Gasteiger partial charge on any atom is 0.163 e. The molecule has 70 heavy (non-hydrogen) atoms. The van der Waals surface area contributed by atoms with Crippen molar-refractivity contribution in [1.82, 2.24) is 0 Å². The van der Waals surface area contributed by atoms with E-state index in [-0.39, 0.29) is 17.2 Å². The molecule has 2 aliphatic heterocycles. The van der Waals surface area contributed by atoms with Crippen LogP contribution in [0.5, 0.6) is 0 Å². The van der Waals surface area contributed by atoms with Crippen LogP contribution in [0.15, 0.2) is 133 Å². The number of Topliss-reactive ketones (excluding diaryl/α,β-unsaturated/α-hetero) is 1. The number of aryl methyl sites for hydroxylation is 3. The number of carbonyl (C=O) groups is 1. The monoisotopic (exact) mass is 939 g/mol. The van der Waals surface area contributed by atoms with Crippen LogP contribution >= 0.6 is 0 Å². The highest BCUT2D eigenvalue weighted by atomic mass is 16.3. The number of benzene rings is 5. The Morgan fingerprint density at radius 2 is 1.13 bits per heavy atom. The molecule has 6 heteroatoms.